The lowest BCUT2D eigenvalue weighted by Crippen LogP contribution is -2.09. The third-order valence-corrected chi connectivity index (χ3v) is 3.02. The maximum atomic E-state index is 12.1. The zero-order valence-corrected chi connectivity index (χ0v) is 10.6. The van der Waals surface area contributed by atoms with Crippen LogP contribution in [0.4, 0.5) is 19.1 Å². The standard InChI is InChI=1S/C9H10F3N5OS/c1-18-7-5-6(14-4-15-7)17(8(13)16-5)2-3-19-9(10,11)12/h4H,2-3H2,1H3,(H2,13,16). The summed E-state index contributed by atoms with van der Waals surface area (Å²) in [5, 5.41) is 0. The third kappa shape index (κ3) is 3.00. The predicted molar refractivity (Wildman–Crippen MR) is 64.8 cm³/mol. The Morgan fingerprint density at radius 1 is 1.42 bits per heavy atom. The molecule has 0 aliphatic rings. The quantitative estimate of drug-likeness (QED) is 0.923. The lowest BCUT2D eigenvalue weighted by Gasteiger charge is -2.07. The van der Waals surface area contributed by atoms with Crippen molar-refractivity contribution in [3.8, 4) is 5.88 Å². The SMILES string of the molecule is COc1ncnc2c1nc(N)n2CCSC(F)(F)F. The first-order chi connectivity index (χ1) is 8.92. The molecule has 2 N–H and O–H groups in total. The maximum Gasteiger partial charge on any atom is 0.441 e. The van der Waals surface area contributed by atoms with E-state index in [1.165, 1.54) is 18.0 Å². The van der Waals surface area contributed by atoms with Gasteiger partial charge < -0.3 is 10.5 Å². The van der Waals surface area contributed by atoms with Gasteiger partial charge in [-0.3, -0.25) is 4.57 Å². The van der Waals surface area contributed by atoms with Gasteiger partial charge in [0.25, 0.3) is 0 Å². The first kappa shape index (κ1) is 13.7. The molecule has 0 bridgehead atoms. The Bertz CT molecular complexity index is 585. The predicted octanol–water partition coefficient (Wildman–Crippen LogP) is 1.67. The highest BCUT2D eigenvalue weighted by Gasteiger charge is 2.28. The van der Waals surface area contributed by atoms with Crippen LogP contribution in [0, 0.1) is 0 Å². The Balaban J connectivity index is 2.26. The molecule has 0 aliphatic carbocycles. The lowest BCUT2D eigenvalue weighted by atomic mass is 10.5. The molecule has 0 aromatic carbocycles. The number of rotatable bonds is 4. The first-order valence-corrected chi connectivity index (χ1v) is 6.12. The van der Waals surface area contributed by atoms with Crippen LogP contribution < -0.4 is 10.5 Å². The molecule has 2 aromatic heterocycles. The topological polar surface area (TPSA) is 78.8 Å². The average Bonchev–Trinajstić information content (AvgIpc) is 2.64. The van der Waals surface area contributed by atoms with Crippen LogP contribution in [0.15, 0.2) is 6.33 Å². The molecule has 2 rings (SSSR count). The van der Waals surface area contributed by atoms with E-state index >= 15 is 0 Å². The molecule has 2 heterocycles. The Hall–Kier alpha value is -1.71. The largest absolute Gasteiger partial charge is 0.479 e. The molecule has 0 radical (unpaired) electrons. The van der Waals surface area contributed by atoms with Gasteiger partial charge in [-0.25, -0.2) is 9.97 Å². The number of hydrogen-bond acceptors (Lipinski definition) is 6. The Labute approximate surface area is 110 Å². The van der Waals surface area contributed by atoms with Gasteiger partial charge in [0.2, 0.25) is 11.8 Å². The highest BCUT2D eigenvalue weighted by molar-refractivity contribution is 8.00. The summed E-state index contributed by atoms with van der Waals surface area (Å²) in [5.74, 6) is 0.140. The van der Waals surface area contributed by atoms with Crippen LogP contribution in [0.1, 0.15) is 0 Å². The second-order valence-corrected chi connectivity index (χ2v) is 4.63. The highest BCUT2D eigenvalue weighted by atomic mass is 32.2. The molecule has 0 saturated heterocycles. The summed E-state index contributed by atoms with van der Waals surface area (Å²) in [6.45, 7) is 0.0483. The van der Waals surface area contributed by atoms with Crippen molar-refractivity contribution in [2.45, 2.75) is 12.1 Å². The van der Waals surface area contributed by atoms with E-state index in [1.54, 1.807) is 0 Å². The number of anilines is 1. The molecule has 0 aliphatic heterocycles. The van der Waals surface area contributed by atoms with Gasteiger partial charge in [-0.05, 0) is 11.8 Å². The number of imidazole rings is 1. The number of hydrogen-bond donors (Lipinski definition) is 1. The molecule has 104 valence electrons. The van der Waals surface area contributed by atoms with Crippen molar-refractivity contribution in [3.05, 3.63) is 6.33 Å². The normalized spacial score (nSPS) is 12.0. The Morgan fingerprint density at radius 3 is 2.79 bits per heavy atom. The number of methoxy groups -OCH3 is 1. The molecule has 19 heavy (non-hydrogen) atoms. The molecule has 0 atom stereocenters. The Kier molecular flexibility index (Phi) is 3.69. The summed E-state index contributed by atoms with van der Waals surface area (Å²) in [7, 11) is 1.41. The number of aromatic nitrogens is 4. The third-order valence-electron chi connectivity index (χ3n) is 2.30. The van der Waals surface area contributed by atoms with Gasteiger partial charge in [-0.15, -0.1) is 0 Å². The van der Waals surface area contributed by atoms with Crippen LogP contribution in [0.5, 0.6) is 5.88 Å². The van der Waals surface area contributed by atoms with Gasteiger partial charge in [0.15, 0.2) is 11.2 Å². The number of ether oxygens (including phenoxy) is 1. The van der Waals surface area contributed by atoms with Crippen molar-refractivity contribution < 1.29 is 17.9 Å². The molecule has 0 fully saturated rings. The minimum atomic E-state index is -4.27. The zero-order chi connectivity index (χ0) is 14.0. The minimum absolute atomic E-state index is 0.0483. The van der Waals surface area contributed by atoms with Gasteiger partial charge >= 0.3 is 5.51 Å². The van der Waals surface area contributed by atoms with E-state index in [1.807, 2.05) is 0 Å². The van der Waals surface area contributed by atoms with Crippen LogP contribution in [0.3, 0.4) is 0 Å². The number of halogens is 3. The van der Waals surface area contributed by atoms with Crippen molar-refractivity contribution in [2.24, 2.45) is 0 Å². The number of thioether (sulfide) groups is 1. The molecule has 0 saturated carbocycles. The van der Waals surface area contributed by atoms with Crippen LogP contribution in [0.25, 0.3) is 11.2 Å². The smallest absolute Gasteiger partial charge is 0.441 e. The molecule has 0 unspecified atom stereocenters. The summed E-state index contributed by atoms with van der Waals surface area (Å²) in [6.07, 6.45) is 1.25. The fourth-order valence-corrected chi connectivity index (χ4v) is 2.06. The fraction of sp³-hybridized carbons (Fsp3) is 0.444. The first-order valence-electron chi connectivity index (χ1n) is 5.14. The molecular formula is C9H10F3N5OS. The number of nitrogens with zero attached hydrogens (tertiary/aromatic N) is 4. The van der Waals surface area contributed by atoms with Crippen molar-refractivity contribution in [1.29, 1.82) is 0 Å². The van der Waals surface area contributed by atoms with Crippen LogP contribution >= 0.6 is 11.8 Å². The molecule has 10 heteroatoms. The molecular weight excluding hydrogens is 283 g/mol. The number of aryl methyl sites for hydroxylation is 1. The van der Waals surface area contributed by atoms with E-state index in [9.17, 15) is 13.2 Å². The number of nitrogen functional groups attached to an aromatic ring is 1. The van der Waals surface area contributed by atoms with Gasteiger partial charge in [0.05, 0.1) is 7.11 Å². The van der Waals surface area contributed by atoms with E-state index in [4.69, 9.17) is 10.5 Å². The summed E-state index contributed by atoms with van der Waals surface area (Å²) in [4.78, 5) is 11.8. The van der Waals surface area contributed by atoms with Crippen molar-refractivity contribution >= 4 is 28.9 Å². The van der Waals surface area contributed by atoms with Crippen molar-refractivity contribution in [2.75, 3.05) is 18.6 Å². The second-order valence-electron chi connectivity index (χ2n) is 3.47. The van der Waals surface area contributed by atoms with E-state index in [2.05, 4.69) is 15.0 Å². The van der Waals surface area contributed by atoms with Gasteiger partial charge in [0.1, 0.15) is 6.33 Å². The summed E-state index contributed by atoms with van der Waals surface area (Å²) in [5.41, 5.74) is 2.09. The molecule has 0 amide bonds. The lowest BCUT2D eigenvalue weighted by molar-refractivity contribution is -0.0328. The molecule has 0 spiro atoms. The highest BCUT2D eigenvalue weighted by Crippen LogP contribution is 2.31. The van der Waals surface area contributed by atoms with E-state index in [0.717, 1.165) is 0 Å². The van der Waals surface area contributed by atoms with E-state index in [0.29, 0.717) is 11.2 Å². The van der Waals surface area contributed by atoms with Crippen LogP contribution in [-0.2, 0) is 6.54 Å². The second kappa shape index (κ2) is 5.11. The van der Waals surface area contributed by atoms with Gasteiger partial charge in [0, 0.05) is 12.3 Å². The summed E-state index contributed by atoms with van der Waals surface area (Å²) < 4.78 is 42.6. The number of nitrogens with two attached hydrogens (primary N) is 1. The van der Waals surface area contributed by atoms with E-state index < -0.39 is 5.51 Å². The Morgan fingerprint density at radius 2 is 2.16 bits per heavy atom. The summed E-state index contributed by atoms with van der Waals surface area (Å²) >= 11 is -0.120. The van der Waals surface area contributed by atoms with Crippen LogP contribution in [-0.4, -0.2) is 37.9 Å². The van der Waals surface area contributed by atoms with Crippen molar-refractivity contribution in [1.82, 2.24) is 19.5 Å². The van der Waals surface area contributed by atoms with Gasteiger partial charge in [-0.2, -0.15) is 18.2 Å². The monoisotopic (exact) mass is 293 g/mol. The number of alkyl halides is 3. The molecule has 2 aromatic rings. The average molecular weight is 293 g/mol. The van der Waals surface area contributed by atoms with E-state index in [-0.39, 0.29) is 35.9 Å². The maximum absolute atomic E-state index is 12.1. The summed E-state index contributed by atoms with van der Waals surface area (Å²) in [6, 6.07) is 0. The van der Waals surface area contributed by atoms with Crippen molar-refractivity contribution in [3.63, 3.8) is 0 Å². The molecule has 6 nitrogen and oxygen atoms in total. The fourth-order valence-electron chi connectivity index (χ4n) is 1.56. The van der Waals surface area contributed by atoms with Crippen LogP contribution in [0.2, 0.25) is 0 Å². The number of fused-ring (bicyclic) bond motifs is 1. The zero-order valence-electron chi connectivity index (χ0n) is 9.81. The van der Waals surface area contributed by atoms with Gasteiger partial charge in [-0.1, -0.05) is 0 Å². The minimum Gasteiger partial charge on any atom is -0.479 e.